The van der Waals surface area contributed by atoms with Gasteiger partial charge in [-0.15, -0.1) is 0 Å². The Bertz CT molecular complexity index is 1070. The van der Waals surface area contributed by atoms with Gasteiger partial charge in [0.15, 0.2) is 10.6 Å². The Kier molecular flexibility index (Phi) is 5.20. The number of nitrogens with zero attached hydrogens (tertiary/aromatic N) is 3. The molecule has 1 amide bonds. The number of methoxy groups -OCH3 is 1. The van der Waals surface area contributed by atoms with Gasteiger partial charge in [-0.05, 0) is 12.1 Å². The number of benzene rings is 1. The van der Waals surface area contributed by atoms with Gasteiger partial charge >= 0.3 is 5.00 Å². The van der Waals surface area contributed by atoms with Crippen LogP contribution in [0.25, 0.3) is 10.2 Å². The van der Waals surface area contributed by atoms with Crippen LogP contribution in [0.4, 0.5) is 13.8 Å². The summed E-state index contributed by atoms with van der Waals surface area (Å²) in [5.74, 6) is -2.20. The van der Waals surface area contributed by atoms with Crippen LogP contribution in [0, 0.1) is 21.7 Å². The molecule has 0 saturated heterocycles. The van der Waals surface area contributed by atoms with Crippen molar-refractivity contribution in [3.05, 3.63) is 55.7 Å². The average molecular weight is 399 g/mol. The molecule has 0 aliphatic carbocycles. The maximum atomic E-state index is 14.2. The highest BCUT2D eigenvalue weighted by Gasteiger charge is 2.17. The molecule has 3 aromatic rings. The van der Waals surface area contributed by atoms with Crippen molar-refractivity contribution < 1.29 is 23.2 Å². The summed E-state index contributed by atoms with van der Waals surface area (Å²) in [6.45, 7) is 0.435. The molecular formula is C15H11F2N3O4S2. The van der Waals surface area contributed by atoms with Gasteiger partial charge in [0, 0.05) is 25.8 Å². The molecular weight excluding hydrogens is 388 g/mol. The van der Waals surface area contributed by atoms with Crippen LogP contribution in [0.15, 0.2) is 29.3 Å². The highest BCUT2D eigenvalue weighted by atomic mass is 32.1. The van der Waals surface area contributed by atoms with Crippen molar-refractivity contribution in [2.75, 3.05) is 13.7 Å². The molecule has 11 heteroatoms. The number of thiazole rings is 1. The van der Waals surface area contributed by atoms with E-state index in [1.807, 2.05) is 0 Å². The van der Waals surface area contributed by atoms with Gasteiger partial charge in [0.1, 0.15) is 10.7 Å². The van der Waals surface area contributed by atoms with E-state index in [1.165, 1.54) is 23.8 Å². The molecule has 2 aromatic heterocycles. The molecule has 0 atom stereocenters. The van der Waals surface area contributed by atoms with E-state index in [4.69, 9.17) is 4.74 Å². The maximum Gasteiger partial charge on any atom is 0.324 e. The van der Waals surface area contributed by atoms with Crippen LogP contribution in [-0.2, 0) is 11.3 Å². The van der Waals surface area contributed by atoms with E-state index in [1.54, 1.807) is 0 Å². The van der Waals surface area contributed by atoms with Crippen molar-refractivity contribution in [3.63, 3.8) is 0 Å². The smallest absolute Gasteiger partial charge is 0.324 e. The topological polar surface area (TPSA) is 86.7 Å². The molecule has 0 spiro atoms. The van der Waals surface area contributed by atoms with E-state index in [0.29, 0.717) is 16.0 Å². The van der Waals surface area contributed by atoms with Gasteiger partial charge in [0.2, 0.25) is 0 Å². The second-order valence-corrected chi connectivity index (χ2v) is 7.15. The first-order chi connectivity index (χ1) is 12.4. The summed E-state index contributed by atoms with van der Waals surface area (Å²) < 4.78 is 34.4. The van der Waals surface area contributed by atoms with Crippen molar-refractivity contribution in [2.24, 2.45) is 4.99 Å². The van der Waals surface area contributed by atoms with Crippen LogP contribution >= 0.6 is 22.7 Å². The van der Waals surface area contributed by atoms with E-state index < -0.39 is 22.5 Å². The molecule has 0 bridgehead atoms. The summed E-state index contributed by atoms with van der Waals surface area (Å²) >= 11 is 1.65. The number of carbonyl (C=O) groups excluding carboxylic acids is 1. The largest absolute Gasteiger partial charge is 0.383 e. The summed E-state index contributed by atoms with van der Waals surface area (Å²) in [5.41, 5.74) is 0.122. The fourth-order valence-corrected chi connectivity index (χ4v) is 4.09. The molecule has 2 heterocycles. The number of hydrogen-bond acceptors (Lipinski definition) is 6. The Hall–Kier alpha value is -2.50. The van der Waals surface area contributed by atoms with Crippen molar-refractivity contribution in [1.82, 2.24) is 4.57 Å². The van der Waals surface area contributed by atoms with Crippen molar-refractivity contribution >= 4 is 43.8 Å². The summed E-state index contributed by atoms with van der Waals surface area (Å²) in [6.07, 6.45) is 0. The lowest BCUT2D eigenvalue weighted by atomic mass is 10.3. The first kappa shape index (κ1) is 18.3. The summed E-state index contributed by atoms with van der Waals surface area (Å²) in [6, 6.07) is 4.44. The van der Waals surface area contributed by atoms with E-state index in [2.05, 4.69) is 4.99 Å². The zero-order valence-electron chi connectivity index (χ0n) is 13.3. The molecule has 7 nitrogen and oxygen atoms in total. The van der Waals surface area contributed by atoms with E-state index in [9.17, 15) is 23.7 Å². The third-order valence-electron chi connectivity index (χ3n) is 3.39. The number of nitro groups is 1. The first-order valence-corrected chi connectivity index (χ1v) is 8.84. The minimum absolute atomic E-state index is 0.0825. The van der Waals surface area contributed by atoms with Gasteiger partial charge in [-0.3, -0.25) is 14.9 Å². The number of hydrogen-bond donors (Lipinski definition) is 0. The molecule has 0 unspecified atom stereocenters. The predicted molar refractivity (Wildman–Crippen MR) is 92.5 cm³/mol. The number of ether oxygens (including phenoxy) is 1. The van der Waals surface area contributed by atoms with Crippen LogP contribution in [0.2, 0.25) is 0 Å². The van der Waals surface area contributed by atoms with Gasteiger partial charge < -0.3 is 9.30 Å². The predicted octanol–water partition coefficient (Wildman–Crippen LogP) is 3.34. The number of amides is 1. The first-order valence-electron chi connectivity index (χ1n) is 7.21. The summed E-state index contributed by atoms with van der Waals surface area (Å²) in [4.78, 5) is 26.6. The molecule has 26 heavy (non-hydrogen) atoms. The van der Waals surface area contributed by atoms with E-state index in [0.717, 1.165) is 23.5 Å². The van der Waals surface area contributed by atoms with Gasteiger partial charge in [-0.1, -0.05) is 22.7 Å². The number of thiophene rings is 1. The quantitative estimate of drug-likeness (QED) is 0.486. The van der Waals surface area contributed by atoms with Gasteiger partial charge in [0.05, 0.1) is 21.7 Å². The number of halogens is 2. The molecule has 0 aliphatic rings. The molecule has 0 radical (unpaired) electrons. The van der Waals surface area contributed by atoms with Crippen LogP contribution < -0.4 is 4.80 Å². The number of rotatable bonds is 5. The third kappa shape index (κ3) is 3.54. The summed E-state index contributed by atoms with van der Waals surface area (Å²) in [7, 11) is 1.47. The molecule has 3 rings (SSSR count). The highest BCUT2D eigenvalue weighted by molar-refractivity contribution is 7.17. The van der Waals surface area contributed by atoms with Gasteiger partial charge in [-0.2, -0.15) is 4.99 Å². The SMILES string of the molecule is COCCn1c(=NC(=O)c2ccc([N+](=O)[O-])s2)sc2cc(F)cc(F)c21. The van der Waals surface area contributed by atoms with Gasteiger partial charge in [-0.25, -0.2) is 8.78 Å². The second kappa shape index (κ2) is 7.40. The fourth-order valence-electron chi connectivity index (χ4n) is 2.29. The standard InChI is InChI=1S/C15H11F2N3O4S2/c1-24-5-4-19-13-9(17)6-8(16)7-11(13)26-15(19)18-14(21)10-2-3-12(25-10)20(22)23/h2-3,6-7H,4-5H2,1H3. The molecule has 136 valence electrons. The monoisotopic (exact) mass is 399 g/mol. The van der Waals surface area contributed by atoms with Crippen LogP contribution in [-0.4, -0.2) is 29.1 Å². The highest BCUT2D eigenvalue weighted by Crippen LogP contribution is 2.25. The normalized spacial score (nSPS) is 12.0. The molecule has 0 aliphatic heterocycles. The van der Waals surface area contributed by atoms with E-state index in [-0.39, 0.29) is 33.3 Å². The lowest BCUT2D eigenvalue weighted by Crippen LogP contribution is -2.19. The second-order valence-electron chi connectivity index (χ2n) is 5.08. The lowest BCUT2D eigenvalue weighted by molar-refractivity contribution is -0.380. The molecule has 0 saturated carbocycles. The fraction of sp³-hybridized carbons (Fsp3) is 0.200. The zero-order chi connectivity index (χ0) is 18.8. The maximum absolute atomic E-state index is 14.2. The minimum atomic E-state index is -0.770. The van der Waals surface area contributed by atoms with Crippen molar-refractivity contribution in [2.45, 2.75) is 6.54 Å². The number of carbonyl (C=O) groups is 1. The summed E-state index contributed by atoms with van der Waals surface area (Å²) in [5, 5.41) is 10.6. The Balaban J connectivity index is 2.12. The molecule has 0 fully saturated rings. The Labute approximate surface area is 152 Å². The zero-order valence-corrected chi connectivity index (χ0v) is 14.9. The molecule has 1 aromatic carbocycles. The third-order valence-corrected chi connectivity index (χ3v) is 5.44. The molecule has 0 N–H and O–H groups in total. The Morgan fingerprint density at radius 3 is 2.77 bits per heavy atom. The minimum Gasteiger partial charge on any atom is -0.383 e. The average Bonchev–Trinajstić information content (AvgIpc) is 3.18. The number of fused-ring (bicyclic) bond motifs is 1. The van der Waals surface area contributed by atoms with Crippen molar-refractivity contribution in [1.29, 1.82) is 0 Å². The van der Waals surface area contributed by atoms with Crippen molar-refractivity contribution in [3.8, 4) is 0 Å². The Morgan fingerprint density at radius 2 is 2.12 bits per heavy atom. The van der Waals surface area contributed by atoms with Gasteiger partial charge in [0.25, 0.3) is 5.91 Å². The Morgan fingerprint density at radius 1 is 1.35 bits per heavy atom. The van der Waals surface area contributed by atoms with E-state index >= 15 is 0 Å². The van der Waals surface area contributed by atoms with Crippen LogP contribution in [0.5, 0.6) is 0 Å². The van der Waals surface area contributed by atoms with Crippen LogP contribution in [0.3, 0.4) is 0 Å². The lowest BCUT2D eigenvalue weighted by Gasteiger charge is -2.05. The number of aromatic nitrogens is 1. The van der Waals surface area contributed by atoms with Crippen LogP contribution in [0.1, 0.15) is 9.67 Å².